The number of aromatic nitrogens is 3. The summed E-state index contributed by atoms with van der Waals surface area (Å²) >= 11 is 1.46. The Kier molecular flexibility index (Phi) is 5.85. The smallest absolute Gasteiger partial charge is 0.240 e. The molecular weight excluding hydrogens is 351 g/mol. The summed E-state index contributed by atoms with van der Waals surface area (Å²) < 4.78 is 12.9. The number of nitrogens with one attached hydrogen (secondary N) is 2. The monoisotopic (exact) mass is 370 g/mol. The molecule has 6 nitrogen and oxygen atoms in total. The van der Waals surface area contributed by atoms with E-state index in [2.05, 4.69) is 25.7 Å². The Labute approximate surface area is 155 Å². The molecule has 0 atom stereocenters. The maximum Gasteiger partial charge on any atom is 0.240 e. The van der Waals surface area contributed by atoms with E-state index in [-0.39, 0.29) is 5.82 Å². The second kappa shape index (κ2) is 8.48. The van der Waals surface area contributed by atoms with Crippen molar-refractivity contribution in [2.45, 2.75) is 10.9 Å². The Balaban J connectivity index is 1.50. The summed E-state index contributed by atoms with van der Waals surface area (Å²) in [5.41, 5.74) is 5.95. The van der Waals surface area contributed by atoms with Crippen LogP contribution in [0.15, 0.2) is 58.8 Å². The normalized spacial score (nSPS) is 11.0. The summed E-state index contributed by atoms with van der Waals surface area (Å²) in [5.74, 6) is 0.893. The van der Waals surface area contributed by atoms with Crippen LogP contribution in [0.3, 0.4) is 0 Å². The molecular formula is C18H19FN6S. The van der Waals surface area contributed by atoms with Crippen molar-refractivity contribution in [2.75, 3.05) is 24.4 Å². The van der Waals surface area contributed by atoms with Crippen molar-refractivity contribution in [3.05, 3.63) is 65.5 Å². The maximum absolute atomic E-state index is 12.9. The van der Waals surface area contributed by atoms with Crippen LogP contribution in [-0.4, -0.2) is 35.5 Å². The highest BCUT2D eigenvalue weighted by Gasteiger charge is 2.04. The molecule has 2 N–H and O–H groups in total. The Morgan fingerprint density at radius 3 is 2.58 bits per heavy atom. The largest absolute Gasteiger partial charge is 0.378 e. The fourth-order valence-electron chi connectivity index (χ4n) is 2.12. The number of benzene rings is 2. The van der Waals surface area contributed by atoms with Crippen molar-refractivity contribution in [3.8, 4) is 0 Å². The molecule has 0 aliphatic heterocycles. The van der Waals surface area contributed by atoms with Gasteiger partial charge in [0.25, 0.3) is 0 Å². The zero-order valence-electron chi connectivity index (χ0n) is 14.5. The molecule has 3 rings (SSSR count). The van der Waals surface area contributed by atoms with Gasteiger partial charge in [0, 0.05) is 25.5 Å². The predicted octanol–water partition coefficient (Wildman–Crippen LogP) is 3.75. The minimum atomic E-state index is -0.239. The van der Waals surface area contributed by atoms with E-state index in [1.807, 2.05) is 43.3 Å². The standard InChI is InChI=1S/C18H19FN6S/c1-25(2)16-9-5-13(6-10-16)11-20-22-17-21-18(24-23-17)26-12-14-3-7-15(19)8-4-14/h3-11H,12H2,1-2H3,(H2,21,22,23,24)/b20-11-. The first-order chi connectivity index (χ1) is 12.6. The molecule has 0 aliphatic carbocycles. The molecule has 0 aliphatic rings. The van der Waals surface area contributed by atoms with Gasteiger partial charge in [-0.25, -0.2) is 14.9 Å². The maximum atomic E-state index is 12.9. The number of anilines is 2. The highest BCUT2D eigenvalue weighted by atomic mass is 32.2. The van der Waals surface area contributed by atoms with Crippen molar-refractivity contribution in [3.63, 3.8) is 0 Å². The fourth-order valence-corrected chi connectivity index (χ4v) is 2.87. The molecule has 0 amide bonds. The molecule has 8 heteroatoms. The first-order valence-corrected chi connectivity index (χ1v) is 8.95. The van der Waals surface area contributed by atoms with E-state index in [1.165, 1.54) is 23.9 Å². The molecule has 0 radical (unpaired) electrons. The number of H-pyrrole nitrogens is 1. The summed E-state index contributed by atoms with van der Waals surface area (Å²) in [6, 6.07) is 14.4. The van der Waals surface area contributed by atoms with Crippen molar-refractivity contribution < 1.29 is 4.39 Å². The number of hydrazone groups is 1. The number of rotatable bonds is 7. The van der Waals surface area contributed by atoms with Gasteiger partial charge < -0.3 is 4.90 Å². The summed E-state index contributed by atoms with van der Waals surface area (Å²) in [6.07, 6.45) is 1.72. The molecule has 0 spiro atoms. The van der Waals surface area contributed by atoms with Gasteiger partial charge >= 0.3 is 0 Å². The lowest BCUT2D eigenvalue weighted by atomic mass is 10.2. The number of hydrogen-bond donors (Lipinski definition) is 2. The van der Waals surface area contributed by atoms with Gasteiger partial charge in [0.15, 0.2) is 0 Å². The quantitative estimate of drug-likeness (QED) is 0.377. The van der Waals surface area contributed by atoms with Crippen LogP contribution in [0.25, 0.3) is 0 Å². The minimum absolute atomic E-state index is 0.239. The van der Waals surface area contributed by atoms with Gasteiger partial charge in [-0.15, -0.1) is 5.10 Å². The summed E-state index contributed by atoms with van der Waals surface area (Å²) in [5, 5.41) is 11.7. The second-order valence-electron chi connectivity index (χ2n) is 5.74. The lowest BCUT2D eigenvalue weighted by Gasteiger charge is -2.11. The summed E-state index contributed by atoms with van der Waals surface area (Å²) in [4.78, 5) is 6.34. The van der Waals surface area contributed by atoms with Crippen LogP contribution in [0.2, 0.25) is 0 Å². The van der Waals surface area contributed by atoms with Crippen LogP contribution >= 0.6 is 11.8 Å². The molecule has 0 fully saturated rings. The third-order valence-electron chi connectivity index (χ3n) is 3.54. The zero-order chi connectivity index (χ0) is 18.4. The van der Waals surface area contributed by atoms with Gasteiger partial charge in [0.1, 0.15) is 5.82 Å². The van der Waals surface area contributed by atoms with E-state index < -0.39 is 0 Å². The van der Waals surface area contributed by atoms with Gasteiger partial charge in [0.2, 0.25) is 11.1 Å². The van der Waals surface area contributed by atoms with Crippen LogP contribution in [-0.2, 0) is 5.75 Å². The van der Waals surface area contributed by atoms with E-state index in [0.29, 0.717) is 16.9 Å². The number of hydrogen-bond acceptors (Lipinski definition) is 6. The van der Waals surface area contributed by atoms with Gasteiger partial charge in [-0.1, -0.05) is 36.0 Å². The van der Waals surface area contributed by atoms with Crippen molar-refractivity contribution >= 4 is 29.6 Å². The van der Waals surface area contributed by atoms with Crippen LogP contribution < -0.4 is 10.3 Å². The highest BCUT2D eigenvalue weighted by Crippen LogP contribution is 2.20. The molecule has 0 unspecified atom stereocenters. The van der Waals surface area contributed by atoms with Crippen molar-refractivity contribution in [2.24, 2.45) is 5.10 Å². The Morgan fingerprint density at radius 1 is 1.15 bits per heavy atom. The second-order valence-corrected chi connectivity index (χ2v) is 6.68. The molecule has 0 bridgehead atoms. The van der Waals surface area contributed by atoms with E-state index in [4.69, 9.17) is 0 Å². The van der Waals surface area contributed by atoms with Crippen molar-refractivity contribution in [1.29, 1.82) is 0 Å². The molecule has 1 aromatic heterocycles. The molecule has 0 saturated heterocycles. The van der Waals surface area contributed by atoms with Gasteiger partial charge in [0.05, 0.1) is 6.21 Å². The van der Waals surface area contributed by atoms with Crippen LogP contribution in [0.1, 0.15) is 11.1 Å². The van der Waals surface area contributed by atoms with Crippen LogP contribution in [0.4, 0.5) is 16.0 Å². The number of thioether (sulfide) groups is 1. The highest BCUT2D eigenvalue weighted by molar-refractivity contribution is 7.98. The zero-order valence-corrected chi connectivity index (χ0v) is 15.3. The van der Waals surface area contributed by atoms with E-state index in [0.717, 1.165) is 16.8 Å². The summed E-state index contributed by atoms with van der Waals surface area (Å²) in [7, 11) is 4.00. The lowest BCUT2D eigenvalue weighted by molar-refractivity contribution is 0.627. The molecule has 26 heavy (non-hydrogen) atoms. The molecule has 2 aromatic carbocycles. The SMILES string of the molecule is CN(C)c1ccc(/C=N\Nc2nc(SCc3ccc(F)cc3)n[nH]2)cc1. The first-order valence-electron chi connectivity index (χ1n) is 7.96. The first kappa shape index (κ1) is 17.9. The number of nitrogens with zero attached hydrogens (tertiary/aromatic N) is 4. The topological polar surface area (TPSA) is 69.2 Å². The third-order valence-corrected chi connectivity index (χ3v) is 4.46. The molecule has 3 aromatic rings. The average molecular weight is 370 g/mol. The van der Waals surface area contributed by atoms with Crippen LogP contribution in [0, 0.1) is 5.82 Å². The lowest BCUT2D eigenvalue weighted by Crippen LogP contribution is -2.08. The number of aromatic amines is 1. The number of halogens is 1. The van der Waals surface area contributed by atoms with Crippen LogP contribution in [0.5, 0.6) is 0 Å². The van der Waals surface area contributed by atoms with Gasteiger partial charge in [-0.05, 0) is 35.4 Å². The van der Waals surface area contributed by atoms with E-state index >= 15 is 0 Å². The average Bonchev–Trinajstić information content (AvgIpc) is 3.09. The fraction of sp³-hybridized carbons (Fsp3) is 0.167. The summed E-state index contributed by atoms with van der Waals surface area (Å²) in [6.45, 7) is 0. The Bertz CT molecular complexity index is 858. The van der Waals surface area contributed by atoms with E-state index in [1.54, 1.807) is 18.3 Å². The predicted molar refractivity (Wildman–Crippen MR) is 104 cm³/mol. The Morgan fingerprint density at radius 2 is 1.88 bits per heavy atom. The Hall–Kier alpha value is -2.87. The molecule has 1 heterocycles. The van der Waals surface area contributed by atoms with Crippen molar-refractivity contribution in [1.82, 2.24) is 15.2 Å². The minimum Gasteiger partial charge on any atom is -0.378 e. The third kappa shape index (κ3) is 5.06. The molecule has 0 saturated carbocycles. The van der Waals surface area contributed by atoms with E-state index in [9.17, 15) is 4.39 Å². The van der Waals surface area contributed by atoms with Gasteiger partial charge in [-0.3, -0.25) is 0 Å². The van der Waals surface area contributed by atoms with Gasteiger partial charge in [-0.2, -0.15) is 10.1 Å². The molecule has 134 valence electrons.